The molecule has 0 atom stereocenters. The van der Waals surface area contributed by atoms with E-state index in [-0.39, 0.29) is 13.1 Å². The Hall–Kier alpha value is -14.9. The van der Waals surface area contributed by atoms with Crippen LogP contribution in [0.1, 0.15) is 179 Å². The summed E-state index contributed by atoms with van der Waals surface area (Å²) in [7, 11) is 0. The van der Waals surface area contributed by atoms with Crippen LogP contribution in [0.15, 0.2) is 402 Å². The summed E-state index contributed by atoms with van der Waals surface area (Å²) in [6.45, 7) is 49.2. The Morgan fingerprint density at radius 2 is 0.810 bits per heavy atom. The van der Waals surface area contributed by atoms with Crippen LogP contribution in [-0.4, -0.2) is 63.9 Å². The maximum atomic E-state index is 10.7. The monoisotopic (exact) mass is 1890 g/mol. The molecule has 22 aromatic rings. The van der Waals surface area contributed by atoms with E-state index in [4.69, 9.17) is 36.4 Å². The van der Waals surface area contributed by atoms with E-state index in [1.807, 2.05) is 427 Å². The molecule has 0 radical (unpaired) electrons. The van der Waals surface area contributed by atoms with Crippen molar-refractivity contribution in [2.45, 2.75) is 180 Å². The number of hydrogen-bond acceptors (Lipinski definition) is 19. The van der Waals surface area contributed by atoms with Gasteiger partial charge in [-0.2, -0.15) is 5.10 Å². The lowest BCUT2D eigenvalue weighted by molar-refractivity contribution is 0.174. The predicted octanol–water partition coefficient (Wildman–Crippen LogP) is 34.9. The molecule has 20 nitrogen and oxygen atoms in total. The zero-order valence-corrected chi connectivity index (χ0v) is 85.5. The van der Waals surface area contributed by atoms with Crippen LogP contribution >= 0.6 is 22.7 Å². The molecule has 22 heteroatoms. The SMILES string of the molecule is C.CC.CC.CC.CC.CC.CC.CC.CC.CC.CC.CC.CC.O=c1[nH]c2ccccc2o1.O=c1ccc2ccccc2o1.c1ccc2[nH]cnc2c1.c1ccc2[nH]ncc2c1.c1ccc2c(c1)CCO2.c1ccc2c(c1)OCO2.c1ccc2ncccc2c1.c1ccc2occc2c1.c1ccc2ocnc2c1.c1ccc2onnc2c1.c1ccc2sccc2c1.c1ccc2scnc2c1. The summed E-state index contributed by atoms with van der Waals surface area (Å²) < 4.78 is 42.6. The third-order valence-electron chi connectivity index (χ3n) is 16.3. The molecule has 12 aromatic carbocycles. The number of hydrogen-bond donors (Lipinski definition) is 3. The number of thiophene rings is 1. The van der Waals surface area contributed by atoms with Crippen molar-refractivity contribution in [3.8, 4) is 17.2 Å². The lowest BCUT2D eigenvalue weighted by Gasteiger charge is -1.93. The van der Waals surface area contributed by atoms with Crippen LogP contribution in [0.5, 0.6) is 17.2 Å². The smallest absolute Gasteiger partial charge is 0.417 e. The van der Waals surface area contributed by atoms with Gasteiger partial charge < -0.3 is 41.4 Å². The van der Waals surface area contributed by atoms with Gasteiger partial charge in [-0.05, 0) is 150 Å². The number of H-pyrrole nitrogens is 3. The Balaban J connectivity index is 0.00000144. The van der Waals surface area contributed by atoms with Crippen LogP contribution in [0.3, 0.4) is 0 Å². The van der Waals surface area contributed by atoms with Crippen LogP contribution in [0, 0.1) is 0 Å². The minimum Gasteiger partial charge on any atom is -0.493 e. The predicted molar refractivity (Wildman–Crippen MR) is 588 cm³/mol. The lowest BCUT2D eigenvalue weighted by Crippen LogP contribution is -1.93. The molecule has 0 spiro atoms. The zero-order valence-electron chi connectivity index (χ0n) is 83.9. The fourth-order valence-electron chi connectivity index (χ4n) is 10.8. The number of aromatic nitrogens is 10. The van der Waals surface area contributed by atoms with Gasteiger partial charge in [0, 0.05) is 50.2 Å². The highest BCUT2D eigenvalue weighted by atomic mass is 32.1. The van der Waals surface area contributed by atoms with Crippen LogP contribution in [0.4, 0.5) is 0 Å². The van der Waals surface area contributed by atoms with Gasteiger partial charge in [0.2, 0.25) is 6.79 Å². The Morgan fingerprint density at radius 3 is 1.39 bits per heavy atom. The molecule has 2 aliphatic heterocycles. The highest BCUT2D eigenvalue weighted by Crippen LogP contribution is 2.31. The Labute approximate surface area is 819 Å². The molecule has 10 aromatic heterocycles. The molecule has 0 bridgehead atoms. The van der Waals surface area contributed by atoms with Crippen molar-refractivity contribution >= 4 is 131 Å². The van der Waals surface area contributed by atoms with Gasteiger partial charge in [-0.25, -0.2) is 24.5 Å². The summed E-state index contributed by atoms with van der Waals surface area (Å²) in [4.78, 5) is 43.2. The molecule has 0 saturated carbocycles. The number of nitrogens with one attached hydrogen (secondary N) is 3. The van der Waals surface area contributed by atoms with Gasteiger partial charge in [0.25, 0.3) is 0 Å². The van der Waals surface area contributed by atoms with E-state index in [1.54, 1.807) is 59.5 Å². The number of fused-ring (bicyclic) bond motifs is 12. The number of benzene rings is 12. The summed E-state index contributed by atoms with van der Waals surface area (Å²) in [6, 6.07) is 105. The van der Waals surface area contributed by atoms with Crippen molar-refractivity contribution in [1.82, 2.24) is 50.5 Å². The molecule has 3 N–H and O–H groups in total. The van der Waals surface area contributed by atoms with Gasteiger partial charge in [0.15, 0.2) is 34.6 Å². The van der Waals surface area contributed by atoms with E-state index in [2.05, 4.69) is 110 Å². The lowest BCUT2D eigenvalue weighted by atomic mass is 10.2. The van der Waals surface area contributed by atoms with E-state index >= 15 is 0 Å². The molecule has 137 heavy (non-hydrogen) atoms. The minimum atomic E-state index is -0.402. The first-order valence-corrected chi connectivity index (χ1v) is 48.9. The number of aromatic amines is 3. The molecular weight excluding hydrogens is 1750 g/mol. The number of para-hydroxylation sites is 15. The number of thiazole rings is 1. The standard InChI is InChI=1S/C9H7N.C9H6O2.C8H8O.C8H6O.C8H6S.2C7H6N2.C7H5NO2.C7H5NO.C7H5NS.C7H6O2.C6H4N2O.12C2H6.CH4/c1-2-6-9-8(4-1)5-3-7-10-9;10-9-6-5-7-3-1-2-4-8(7)11-9;3*1-2-4-8-7(3-1)5-6-9-8;1-2-4-7-6(3-1)8-5-9-7;1-2-4-7-6(3-1)5-8-9-7;9-7-8-5-3-1-2-4-6(5)10-7;3*1-2-4-7-6(3-1)8-5-9-7;1-2-4-6-5(3-1)7-8-9-6;12*1-2;/h1-7H;1-6H;1-4H,5-6H2;2*1-6H;2*1-5H,(H,8,9);1-4H,(H,8,9);2*1-5H;1-4H,5H2;1-4H;12*1-2H3;1H4. The summed E-state index contributed by atoms with van der Waals surface area (Å²) in [5.41, 5.74) is 14.5. The van der Waals surface area contributed by atoms with Crippen molar-refractivity contribution < 1.29 is 36.4 Å². The summed E-state index contributed by atoms with van der Waals surface area (Å²) >= 11 is 3.46. The normalized spacial score (nSPS) is 9.40. The molecule has 0 saturated heterocycles. The van der Waals surface area contributed by atoms with E-state index in [0.717, 1.165) is 107 Å². The number of rotatable bonds is 0. The second kappa shape index (κ2) is 80.8. The first-order valence-electron chi connectivity index (χ1n) is 47.2. The summed E-state index contributed by atoms with van der Waals surface area (Å²) in [6.07, 6.45) is 9.55. The number of imidazole rings is 1. The third-order valence-corrected chi connectivity index (χ3v) is 18.0. The number of nitrogens with zero attached hydrogens (tertiary/aromatic N) is 7. The molecular formula is C115H146N10O10S2. The van der Waals surface area contributed by atoms with Crippen LogP contribution in [0.25, 0.3) is 108 Å². The van der Waals surface area contributed by atoms with E-state index < -0.39 is 5.76 Å². The molecule has 0 amide bonds. The second-order valence-corrected chi connectivity index (χ2v) is 25.6. The molecule has 2 aliphatic rings. The van der Waals surface area contributed by atoms with E-state index in [0.29, 0.717) is 18.0 Å². The molecule has 728 valence electrons. The number of pyridine rings is 1. The zero-order chi connectivity index (χ0) is 100. The number of oxazole rings is 2. The molecule has 0 fully saturated rings. The van der Waals surface area contributed by atoms with Crippen molar-refractivity contribution in [3.05, 3.63) is 396 Å². The average Bonchev–Trinajstić information content (AvgIpc) is 1.43. The first kappa shape index (κ1) is 122. The van der Waals surface area contributed by atoms with Crippen molar-refractivity contribution in [1.29, 1.82) is 0 Å². The molecule has 12 heterocycles. The quantitative estimate of drug-likeness (QED) is 0.119. The summed E-state index contributed by atoms with van der Waals surface area (Å²) in [5, 5.41) is 21.8. The molecule has 0 unspecified atom stereocenters. The Kier molecular flexibility index (Phi) is 72.0. The molecule has 24 rings (SSSR count). The number of ether oxygens (including phenoxy) is 3. The van der Waals surface area contributed by atoms with Crippen molar-refractivity contribution in [2.24, 2.45) is 0 Å². The van der Waals surface area contributed by atoms with Crippen LogP contribution in [-0.2, 0) is 6.42 Å². The Morgan fingerprint density at radius 1 is 0.328 bits per heavy atom. The van der Waals surface area contributed by atoms with Crippen molar-refractivity contribution in [3.63, 3.8) is 0 Å². The average molecular weight is 1890 g/mol. The fraction of sp³-hybridized carbons (Fsp3) is 0.243. The topological polar surface area (TPSA) is 265 Å². The highest BCUT2D eigenvalue weighted by Gasteiger charge is 2.10. The second-order valence-electron chi connectivity index (χ2n) is 23.7. The van der Waals surface area contributed by atoms with Gasteiger partial charge in [0.05, 0.1) is 68.7 Å². The largest absolute Gasteiger partial charge is 0.493 e. The van der Waals surface area contributed by atoms with Gasteiger partial charge in [-0.3, -0.25) is 15.1 Å². The first-order chi connectivity index (χ1) is 67.4. The van der Waals surface area contributed by atoms with Gasteiger partial charge >= 0.3 is 11.4 Å². The van der Waals surface area contributed by atoms with Gasteiger partial charge in [0.1, 0.15) is 27.9 Å². The highest BCUT2D eigenvalue weighted by molar-refractivity contribution is 7.17. The van der Waals surface area contributed by atoms with E-state index in [1.165, 1.54) is 38.2 Å². The van der Waals surface area contributed by atoms with E-state index in [9.17, 15) is 9.59 Å². The summed E-state index contributed by atoms with van der Waals surface area (Å²) in [5.74, 6) is 2.36. The van der Waals surface area contributed by atoms with Crippen LogP contribution in [0.2, 0.25) is 0 Å². The van der Waals surface area contributed by atoms with Crippen LogP contribution < -0.4 is 25.6 Å². The fourth-order valence-corrected chi connectivity index (χ4v) is 12.3. The number of furan rings is 1. The molecule has 0 aliphatic carbocycles. The Bertz CT molecular complexity index is 5610. The maximum Gasteiger partial charge on any atom is 0.417 e. The van der Waals surface area contributed by atoms with Crippen molar-refractivity contribution in [2.75, 3.05) is 13.4 Å². The van der Waals surface area contributed by atoms with Gasteiger partial charge in [-0.1, -0.05) is 362 Å². The maximum absolute atomic E-state index is 10.7. The van der Waals surface area contributed by atoms with Gasteiger partial charge in [-0.15, -0.1) is 27.8 Å². The minimum absolute atomic E-state index is 0. The third kappa shape index (κ3) is 45.1.